The molecule has 0 bridgehead atoms. The van der Waals surface area contributed by atoms with Crippen LogP contribution >= 0.6 is 0 Å². The molecule has 1 aromatic heterocycles. The van der Waals surface area contributed by atoms with Gasteiger partial charge in [0.25, 0.3) is 0 Å². The number of rotatable bonds is 10. The summed E-state index contributed by atoms with van der Waals surface area (Å²) in [6, 6.07) is 9.40. The first kappa shape index (κ1) is 32.6. The second kappa shape index (κ2) is 15.0. The third-order valence-corrected chi connectivity index (χ3v) is 8.63. The second-order valence-corrected chi connectivity index (χ2v) is 13.6. The molecule has 2 aromatic rings. The van der Waals surface area contributed by atoms with Crippen LogP contribution in [0.5, 0.6) is 0 Å². The molecule has 2 amide bonds. The van der Waals surface area contributed by atoms with Crippen LogP contribution in [0.2, 0.25) is 0 Å². The predicted octanol–water partition coefficient (Wildman–Crippen LogP) is 5.52. The van der Waals surface area contributed by atoms with E-state index in [1.54, 1.807) is 33.2 Å². The van der Waals surface area contributed by atoms with Crippen molar-refractivity contribution in [2.24, 2.45) is 11.8 Å². The molecule has 0 spiro atoms. The molecule has 1 fully saturated rings. The fourth-order valence-electron chi connectivity index (χ4n) is 6.16. The largest absolute Gasteiger partial charge is 0.444 e. The van der Waals surface area contributed by atoms with E-state index in [9.17, 15) is 14.4 Å². The summed E-state index contributed by atoms with van der Waals surface area (Å²) in [5, 5.41) is 5.99. The Morgan fingerprint density at radius 1 is 1.02 bits per heavy atom. The zero-order valence-corrected chi connectivity index (χ0v) is 26.7. The third-order valence-electron chi connectivity index (χ3n) is 8.63. The number of ether oxygens (including phenoxy) is 1. The summed E-state index contributed by atoms with van der Waals surface area (Å²) in [6.45, 7) is 12.5. The van der Waals surface area contributed by atoms with Gasteiger partial charge in [0.15, 0.2) is 5.78 Å². The Morgan fingerprint density at radius 2 is 1.74 bits per heavy atom. The number of benzene rings is 1. The number of carbonyl (C=O) groups is 3. The summed E-state index contributed by atoms with van der Waals surface area (Å²) >= 11 is 0. The van der Waals surface area contributed by atoms with E-state index in [2.05, 4.69) is 32.7 Å². The van der Waals surface area contributed by atoms with Crippen LogP contribution in [0, 0.1) is 11.8 Å². The number of hydrogen-bond donors (Lipinski definition) is 2. The van der Waals surface area contributed by atoms with Crippen LogP contribution in [0.3, 0.4) is 0 Å². The standard InChI is InChI=1S/C35H50N4O4/c1-24(2)32(40)29-11-10-27-15-19-39(20-16-28(27)22-29)18-14-25-8-12-30(13-9-25)37-33(41)31(21-26-7-6-17-36-23-26)38-34(42)43-35(3,4)5/h6-7,10-11,17,22-25,30-31H,8-9,12-16,18-21H2,1-5H3,(H,37,41)(H,38,42)/t25?,30?,31-/m1/s1. The molecule has 8 heteroatoms. The number of nitrogens with one attached hydrogen (secondary N) is 2. The van der Waals surface area contributed by atoms with Gasteiger partial charge in [-0.2, -0.15) is 0 Å². The maximum Gasteiger partial charge on any atom is 0.408 e. The van der Waals surface area contributed by atoms with Gasteiger partial charge < -0.3 is 20.3 Å². The van der Waals surface area contributed by atoms with Crippen molar-refractivity contribution < 1.29 is 19.1 Å². The van der Waals surface area contributed by atoms with Crippen LogP contribution in [0.4, 0.5) is 4.79 Å². The lowest BCUT2D eigenvalue weighted by Gasteiger charge is -2.32. The fourth-order valence-corrected chi connectivity index (χ4v) is 6.16. The zero-order chi connectivity index (χ0) is 31.0. The average molecular weight is 591 g/mol. The van der Waals surface area contributed by atoms with Gasteiger partial charge >= 0.3 is 6.09 Å². The van der Waals surface area contributed by atoms with Gasteiger partial charge in [0, 0.05) is 49.4 Å². The maximum atomic E-state index is 13.3. The van der Waals surface area contributed by atoms with E-state index in [0.29, 0.717) is 12.3 Å². The van der Waals surface area contributed by atoms with Gasteiger partial charge in [0.05, 0.1) is 0 Å². The lowest BCUT2D eigenvalue weighted by Crippen LogP contribution is -2.52. The van der Waals surface area contributed by atoms with E-state index in [1.807, 2.05) is 32.0 Å². The highest BCUT2D eigenvalue weighted by Crippen LogP contribution is 2.28. The van der Waals surface area contributed by atoms with Crippen molar-refractivity contribution in [3.63, 3.8) is 0 Å². The number of carbonyl (C=O) groups excluding carboxylic acids is 3. The van der Waals surface area contributed by atoms with Crippen molar-refractivity contribution in [2.75, 3.05) is 19.6 Å². The van der Waals surface area contributed by atoms with Gasteiger partial charge in [-0.3, -0.25) is 14.6 Å². The van der Waals surface area contributed by atoms with Gasteiger partial charge in [-0.25, -0.2) is 4.79 Å². The van der Waals surface area contributed by atoms with Gasteiger partial charge in [-0.1, -0.05) is 32.0 Å². The molecule has 1 atom stereocenters. The molecule has 1 aliphatic heterocycles. The smallest absolute Gasteiger partial charge is 0.408 e. The zero-order valence-electron chi connectivity index (χ0n) is 26.7. The van der Waals surface area contributed by atoms with Gasteiger partial charge in [0.2, 0.25) is 5.91 Å². The van der Waals surface area contributed by atoms with E-state index >= 15 is 0 Å². The Hall–Kier alpha value is -3.26. The maximum absolute atomic E-state index is 13.3. The summed E-state index contributed by atoms with van der Waals surface area (Å²) in [4.78, 5) is 45.0. The van der Waals surface area contributed by atoms with Gasteiger partial charge in [-0.15, -0.1) is 0 Å². The van der Waals surface area contributed by atoms with Crippen LogP contribution in [0.1, 0.15) is 93.8 Å². The second-order valence-electron chi connectivity index (χ2n) is 13.6. The summed E-state index contributed by atoms with van der Waals surface area (Å²) in [6.07, 6.45) is 10.4. The van der Waals surface area contributed by atoms with Crippen LogP contribution in [0.25, 0.3) is 0 Å². The Bertz CT molecular complexity index is 1230. The number of pyridine rings is 1. The number of amides is 2. The number of nitrogens with zero attached hydrogens (tertiary/aromatic N) is 2. The number of Topliss-reactive ketones (excluding diaryl/α,β-unsaturated/α-hetero) is 1. The molecular formula is C35H50N4O4. The molecular weight excluding hydrogens is 540 g/mol. The number of alkyl carbamates (subject to hydrolysis) is 1. The molecule has 8 nitrogen and oxygen atoms in total. The van der Waals surface area contributed by atoms with Gasteiger partial charge in [-0.05, 0) is 107 Å². The molecule has 1 saturated carbocycles. The normalized spacial score (nSPS) is 20.0. The fraction of sp³-hybridized carbons (Fsp3) is 0.600. The Labute approximate surface area is 257 Å². The number of fused-ring (bicyclic) bond motifs is 1. The van der Waals surface area contributed by atoms with Crippen molar-refractivity contribution in [1.29, 1.82) is 0 Å². The van der Waals surface area contributed by atoms with Crippen LogP contribution in [-0.4, -0.2) is 65.0 Å². The van der Waals surface area contributed by atoms with Crippen LogP contribution in [-0.2, 0) is 28.8 Å². The van der Waals surface area contributed by atoms with E-state index in [1.165, 1.54) is 11.1 Å². The molecule has 1 aliphatic carbocycles. The minimum absolute atomic E-state index is 0.0194. The van der Waals surface area contributed by atoms with Crippen molar-refractivity contribution >= 4 is 17.8 Å². The van der Waals surface area contributed by atoms with Crippen molar-refractivity contribution in [3.05, 3.63) is 65.0 Å². The predicted molar refractivity (Wildman–Crippen MR) is 169 cm³/mol. The first-order chi connectivity index (χ1) is 20.5. The monoisotopic (exact) mass is 590 g/mol. The first-order valence-electron chi connectivity index (χ1n) is 16.0. The minimum Gasteiger partial charge on any atom is -0.444 e. The Morgan fingerprint density at radius 3 is 2.40 bits per heavy atom. The summed E-state index contributed by atoms with van der Waals surface area (Å²) < 4.78 is 5.42. The molecule has 0 unspecified atom stereocenters. The summed E-state index contributed by atoms with van der Waals surface area (Å²) in [5.41, 5.74) is 3.78. The number of aromatic nitrogens is 1. The topological polar surface area (TPSA) is 101 Å². The highest BCUT2D eigenvalue weighted by molar-refractivity contribution is 5.97. The Balaban J connectivity index is 1.23. The Kier molecular flexibility index (Phi) is 11.4. The van der Waals surface area contributed by atoms with Crippen molar-refractivity contribution in [3.8, 4) is 0 Å². The lowest BCUT2D eigenvalue weighted by molar-refractivity contribution is -0.124. The molecule has 4 rings (SSSR count). The molecule has 2 aliphatic rings. The SMILES string of the molecule is CC(C)C(=O)c1ccc2c(c1)CCN(CCC1CCC(NC(=O)[C@@H](Cc3cccnc3)NC(=O)OC(C)(C)C)CC1)CC2. The molecule has 1 aromatic carbocycles. The molecule has 2 N–H and O–H groups in total. The highest BCUT2D eigenvalue weighted by Gasteiger charge is 2.29. The quantitative estimate of drug-likeness (QED) is 0.354. The lowest BCUT2D eigenvalue weighted by atomic mass is 9.84. The minimum atomic E-state index is -0.733. The summed E-state index contributed by atoms with van der Waals surface area (Å²) in [5.74, 6) is 0.714. The van der Waals surface area contributed by atoms with E-state index in [-0.39, 0.29) is 23.7 Å². The molecule has 0 saturated heterocycles. The molecule has 43 heavy (non-hydrogen) atoms. The number of ketones is 1. The average Bonchev–Trinajstić information content (AvgIpc) is 3.17. The van der Waals surface area contributed by atoms with Crippen LogP contribution in [0.15, 0.2) is 42.7 Å². The third kappa shape index (κ3) is 10.2. The summed E-state index contributed by atoms with van der Waals surface area (Å²) in [7, 11) is 0. The molecule has 234 valence electrons. The van der Waals surface area contributed by atoms with Gasteiger partial charge in [0.1, 0.15) is 11.6 Å². The first-order valence-corrected chi connectivity index (χ1v) is 16.0. The van der Waals surface area contributed by atoms with E-state index < -0.39 is 17.7 Å². The number of hydrogen-bond acceptors (Lipinski definition) is 6. The van der Waals surface area contributed by atoms with E-state index in [0.717, 1.165) is 75.7 Å². The van der Waals surface area contributed by atoms with Crippen molar-refractivity contribution in [2.45, 2.75) is 104 Å². The van der Waals surface area contributed by atoms with E-state index in [4.69, 9.17) is 4.74 Å². The van der Waals surface area contributed by atoms with Crippen molar-refractivity contribution in [1.82, 2.24) is 20.5 Å². The van der Waals surface area contributed by atoms with Crippen LogP contribution < -0.4 is 10.6 Å². The molecule has 0 radical (unpaired) electrons. The highest BCUT2D eigenvalue weighted by atomic mass is 16.6. The molecule has 2 heterocycles.